The number of para-hydroxylation sites is 1. The molecule has 0 radical (unpaired) electrons. The lowest BCUT2D eigenvalue weighted by atomic mass is 9.99. The van der Waals surface area contributed by atoms with Crippen LogP contribution < -0.4 is 15.8 Å². The molecule has 0 unspecified atom stereocenters. The van der Waals surface area contributed by atoms with Crippen molar-refractivity contribution in [3.8, 4) is 17.0 Å². The Morgan fingerprint density at radius 1 is 1.11 bits per heavy atom. The molecule has 4 rings (SSSR count). The number of ether oxygens (including phenoxy) is 1. The molecule has 0 aliphatic heterocycles. The summed E-state index contributed by atoms with van der Waals surface area (Å²) in [5, 5.41) is 7.87. The maximum atomic E-state index is 12.6. The van der Waals surface area contributed by atoms with E-state index in [4.69, 9.17) is 15.6 Å². The van der Waals surface area contributed by atoms with Crippen LogP contribution in [0.3, 0.4) is 0 Å². The fourth-order valence-corrected chi connectivity index (χ4v) is 4.85. The van der Waals surface area contributed by atoms with E-state index in [1.54, 1.807) is 25.3 Å². The van der Waals surface area contributed by atoms with E-state index in [1.165, 1.54) is 12.8 Å². The fourth-order valence-electron chi connectivity index (χ4n) is 4.85. The van der Waals surface area contributed by atoms with E-state index in [0.29, 0.717) is 41.1 Å². The molecule has 0 atom stereocenters. The lowest BCUT2D eigenvalue weighted by Crippen LogP contribution is -2.23. The van der Waals surface area contributed by atoms with E-state index in [-0.39, 0.29) is 5.91 Å². The highest BCUT2D eigenvalue weighted by Crippen LogP contribution is 2.35. The number of carbonyl (C=O) groups excluding carboxylic acids is 2. The SMILES string of the molecule is COc1ccccc1C(=O)NCc1ccc(-c2nn(C3CCCC3)c(CC(C)C)c2C(N)=O)cc1. The molecule has 35 heavy (non-hydrogen) atoms. The van der Waals surface area contributed by atoms with Gasteiger partial charge in [-0.25, -0.2) is 0 Å². The Bertz CT molecular complexity index is 1190. The molecule has 1 saturated carbocycles. The second-order valence-electron chi connectivity index (χ2n) is 9.60. The number of amides is 2. The van der Waals surface area contributed by atoms with Crippen LogP contribution in [0.5, 0.6) is 5.75 Å². The summed E-state index contributed by atoms with van der Waals surface area (Å²) in [5.74, 6) is 0.283. The van der Waals surface area contributed by atoms with Gasteiger partial charge in [-0.2, -0.15) is 5.10 Å². The van der Waals surface area contributed by atoms with E-state index < -0.39 is 5.91 Å². The van der Waals surface area contributed by atoms with E-state index in [1.807, 2.05) is 30.3 Å². The molecule has 184 valence electrons. The lowest BCUT2D eigenvalue weighted by Gasteiger charge is -2.16. The van der Waals surface area contributed by atoms with Gasteiger partial charge in [0, 0.05) is 12.1 Å². The van der Waals surface area contributed by atoms with Gasteiger partial charge in [0.2, 0.25) is 0 Å². The highest BCUT2D eigenvalue weighted by Gasteiger charge is 2.28. The van der Waals surface area contributed by atoms with Crippen LogP contribution in [-0.2, 0) is 13.0 Å². The summed E-state index contributed by atoms with van der Waals surface area (Å²) in [7, 11) is 1.55. The zero-order chi connectivity index (χ0) is 24.9. The van der Waals surface area contributed by atoms with Crippen molar-refractivity contribution in [3.63, 3.8) is 0 Å². The number of primary amides is 1. The van der Waals surface area contributed by atoms with Crippen molar-refractivity contribution in [3.05, 3.63) is 70.9 Å². The topological polar surface area (TPSA) is 99.2 Å². The molecule has 1 heterocycles. The Morgan fingerprint density at radius 3 is 2.43 bits per heavy atom. The molecule has 0 spiro atoms. The largest absolute Gasteiger partial charge is 0.496 e. The molecular weight excluding hydrogens is 440 g/mol. The number of aromatic nitrogens is 2. The summed E-state index contributed by atoms with van der Waals surface area (Å²) in [4.78, 5) is 25.2. The van der Waals surface area contributed by atoms with E-state index in [0.717, 1.165) is 36.1 Å². The van der Waals surface area contributed by atoms with Gasteiger partial charge in [-0.05, 0) is 42.9 Å². The van der Waals surface area contributed by atoms with Crippen LogP contribution in [0.2, 0.25) is 0 Å². The predicted molar refractivity (Wildman–Crippen MR) is 136 cm³/mol. The second-order valence-corrected chi connectivity index (χ2v) is 9.60. The first-order valence-corrected chi connectivity index (χ1v) is 12.3. The third-order valence-electron chi connectivity index (χ3n) is 6.56. The normalized spacial score (nSPS) is 13.8. The van der Waals surface area contributed by atoms with E-state index in [2.05, 4.69) is 23.8 Å². The summed E-state index contributed by atoms with van der Waals surface area (Å²) in [6.45, 7) is 4.66. The van der Waals surface area contributed by atoms with Gasteiger partial charge in [0.25, 0.3) is 11.8 Å². The Kier molecular flexibility index (Phi) is 7.54. The van der Waals surface area contributed by atoms with Crippen LogP contribution in [0.1, 0.15) is 77.5 Å². The summed E-state index contributed by atoms with van der Waals surface area (Å²) >= 11 is 0. The van der Waals surface area contributed by atoms with Crippen molar-refractivity contribution in [2.45, 2.75) is 58.5 Å². The standard InChI is InChI=1S/C28H34N4O3/c1-18(2)16-23-25(27(29)33)26(31-32(23)21-8-4-5-9-21)20-14-12-19(13-15-20)17-30-28(34)22-10-6-7-11-24(22)35-3/h6-7,10-15,18,21H,4-5,8-9,16-17H2,1-3H3,(H2,29,33)(H,30,34). The molecule has 3 N–H and O–H groups in total. The minimum atomic E-state index is -0.437. The number of nitrogens with one attached hydrogen (secondary N) is 1. The van der Waals surface area contributed by atoms with Crippen LogP contribution >= 0.6 is 0 Å². The predicted octanol–water partition coefficient (Wildman–Crippen LogP) is 4.90. The Hall–Kier alpha value is -3.61. The zero-order valence-corrected chi connectivity index (χ0v) is 20.7. The van der Waals surface area contributed by atoms with Gasteiger partial charge in [0.15, 0.2) is 0 Å². The summed E-state index contributed by atoms with van der Waals surface area (Å²) in [6.07, 6.45) is 5.28. The molecular formula is C28H34N4O3. The van der Waals surface area contributed by atoms with Gasteiger partial charge in [-0.15, -0.1) is 0 Å². The lowest BCUT2D eigenvalue weighted by molar-refractivity contribution is 0.0946. The van der Waals surface area contributed by atoms with Crippen LogP contribution in [0.25, 0.3) is 11.3 Å². The average Bonchev–Trinajstić information content (AvgIpc) is 3.50. The smallest absolute Gasteiger partial charge is 0.255 e. The van der Waals surface area contributed by atoms with Crippen LogP contribution in [-0.4, -0.2) is 28.7 Å². The van der Waals surface area contributed by atoms with Gasteiger partial charge in [-0.3, -0.25) is 14.3 Å². The van der Waals surface area contributed by atoms with Gasteiger partial charge >= 0.3 is 0 Å². The van der Waals surface area contributed by atoms with E-state index in [9.17, 15) is 9.59 Å². The highest BCUT2D eigenvalue weighted by atomic mass is 16.5. The Labute approximate surface area is 206 Å². The van der Waals surface area contributed by atoms with Crippen molar-refractivity contribution in [1.82, 2.24) is 15.1 Å². The van der Waals surface area contributed by atoms with Crippen molar-refractivity contribution in [2.24, 2.45) is 11.7 Å². The maximum absolute atomic E-state index is 12.6. The number of methoxy groups -OCH3 is 1. The molecule has 2 aromatic carbocycles. The number of hydrogen-bond acceptors (Lipinski definition) is 4. The monoisotopic (exact) mass is 474 g/mol. The minimum Gasteiger partial charge on any atom is -0.496 e. The summed E-state index contributed by atoms with van der Waals surface area (Å²) < 4.78 is 7.35. The molecule has 0 saturated heterocycles. The molecule has 1 fully saturated rings. The first-order valence-electron chi connectivity index (χ1n) is 12.3. The van der Waals surface area contributed by atoms with Crippen molar-refractivity contribution < 1.29 is 14.3 Å². The van der Waals surface area contributed by atoms with Gasteiger partial charge in [-0.1, -0.05) is 63.1 Å². The number of nitrogens with zero attached hydrogens (tertiary/aromatic N) is 2. The first-order chi connectivity index (χ1) is 16.9. The number of nitrogens with two attached hydrogens (primary N) is 1. The quantitative estimate of drug-likeness (QED) is 0.461. The van der Waals surface area contributed by atoms with Crippen LogP contribution in [0, 0.1) is 5.92 Å². The average molecular weight is 475 g/mol. The third kappa shape index (κ3) is 5.39. The molecule has 1 aliphatic carbocycles. The van der Waals surface area contributed by atoms with Crippen molar-refractivity contribution in [1.29, 1.82) is 0 Å². The molecule has 1 aliphatic rings. The van der Waals surface area contributed by atoms with Crippen LogP contribution in [0.15, 0.2) is 48.5 Å². The third-order valence-corrected chi connectivity index (χ3v) is 6.56. The second kappa shape index (κ2) is 10.8. The summed E-state index contributed by atoms with van der Waals surface area (Å²) in [5.41, 5.74) is 10.3. The molecule has 0 bridgehead atoms. The zero-order valence-electron chi connectivity index (χ0n) is 20.7. The molecule has 2 amide bonds. The van der Waals surface area contributed by atoms with Gasteiger partial charge < -0.3 is 15.8 Å². The maximum Gasteiger partial charge on any atom is 0.255 e. The number of carbonyl (C=O) groups is 2. The highest BCUT2D eigenvalue weighted by molar-refractivity contribution is 6.00. The number of benzene rings is 2. The molecule has 1 aromatic heterocycles. The molecule has 7 nitrogen and oxygen atoms in total. The van der Waals surface area contributed by atoms with Gasteiger partial charge in [0.1, 0.15) is 11.4 Å². The number of hydrogen-bond donors (Lipinski definition) is 2. The Morgan fingerprint density at radius 2 is 1.80 bits per heavy atom. The summed E-state index contributed by atoms with van der Waals surface area (Å²) in [6, 6.07) is 15.2. The van der Waals surface area contributed by atoms with E-state index >= 15 is 0 Å². The first kappa shape index (κ1) is 24.5. The minimum absolute atomic E-state index is 0.198. The van der Waals surface area contributed by atoms with Crippen molar-refractivity contribution in [2.75, 3.05) is 7.11 Å². The van der Waals surface area contributed by atoms with Gasteiger partial charge in [0.05, 0.1) is 30.0 Å². The Balaban J connectivity index is 1.57. The molecule has 3 aromatic rings. The molecule has 7 heteroatoms. The fraction of sp³-hybridized carbons (Fsp3) is 0.393. The van der Waals surface area contributed by atoms with Crippen molar-refractivity contribution >= 4 is 11.8 Å². The number of rotatable bonds is 9. The van der Waals surface area contributed by atoms with Crippen LogP contribution in [0.4, 0.5) is 0 Å².